The van der Waals surface area contributed by atoms with E-state index in [2.05, 4.69) is 26.0 Å². The van der Waals surface area contributed by atoms with Crippen LogP contribution >= 0.6 is 0 Å². The van der Waals surface area contributed by atoms with E-state index in [1.54, 1.807) is 0 Å². The highest BCUT2D eigenvalue weighted by Gasteiger charge is 2.25. The van der Waals surface area contributed by atoms with Gasteiger partial charge >= 0.3 is 0 Å². The molecule has 1 saturated carbocycles. The van der Waals surface area contributed by atoms with Crippen molar-refractivity contribution in [1.29, 1.82) is 0 Å². The van der Waals surface area contributed by atoms with Crippen LogP contribution in [-0.4, -0.2) is 12.7 Å². The van der Waals surface area contributed by atoms with Gasteiger partial charge in [-0.15, -0.1) is 0 Å². The molecule has 0 aromatic heterocycles. The maximum absolute atomic E-state index is 15.2. The molecule has 158 valence electrons. The maximum atomic E-state index is 15.2. The van der Waals surface area contributed by atoms with E-state index in [4.69, 9.17) is 4.74 Å². The number of aryl methyl sites for hydroxylation is 1. The average Bonchev–Trinajstić information content (AvgIpc) is 2.71. The number of ether oxygens (including phenoxy) is 1. The van der Waals surface area contributed by atoms with Gasteiger partial charge in [-0.05, 0) is 99.2 Å². The molecule has 0 N–H and O–H groups in total. The van der Waals surface area contributed by atoms with Crippen molar-refractivity contribution >= 4 is 0 Å². The Kier molecular flexibility index (Phi) is 8.38. The van der Waals surface area contributed by atoms with Crippen LogP contribution in [0.25, 0.3) is 0 Å². The molecule has 2 aliphatic rings. The van der Waals surface area contributed by atoms with Crippen molar-refractivity contribution in [1.82, 2.24) is 0 Å². The fourth-order valence-corrected chi connectivity index (χ4v) is 5.50. The molecule has 1 aromatic carbocycles. The van der Waals surface area contributed by atoms with E-state index < -0.39 is 0 Å². The van der Waals surface area contributed by atoms with Crippen LogP contribution in [0.1, 0.15) is 107 Å². The summed E-state index contributed by atoms with van der Waals surface area (Å²) in [6.45, 7) is 7.39. The highest BCUT2D eigenvalue weighted by atomic mass is 19.1. The van der Waals surface area contributed by atoms with Crippen LogP contribution in [0.15, 0.2) is 12.1 Å². The van der Waals surface area contributed by atoms with E-state index in [-0.39, 0.29) is 5.82 Å². The summed E-state index contributed by atoms with van der Waals surface area (Å²) in [5.41, 5.74) is 3.09. The Labute approximate surface area is 172 Å². The Morgan fingerprint density at radius 1 is 0.893 bits per heavy atom. The number of benzene rings is 1. The predicted molar refractivity (Wildman–Crippen MR) is 116 cm³/mol. The monoisotopic (exact) mass is 388 g/mol. The minimum absolute atomic E-state index is 0.0827. The molecule has 2 heteroatoms. The van der Waals surface area contributed by atoms with Crippen molar-refractivity contribution in [3.8, 4) is 0 Å². The molecule has 2 fully saturated rings. The standard InChI is InChI=1S/C26H41FO/c1-4-6-20-8-13-23(14-9-20)25-17-15-22(19(3)26(25)27)12-10-21-11-16-24(7-5-2)28-18-21/h15,17,20-21,23-24H,4-14,16,18H2,1-3H3. The highest BCUT2D eigenvalue weighted by Crippen LogP contribution is 2.39. The predicted octanol–water partition coefficient (Wildman–Crippen LogP) is 7.74. The van der Waals surface area contributed by atoms with Crippen LogP contribution < -0.4 is 0 Å². The molecule has 0 radical (unpaired) electrons. The first kappa shape index (κ1) is 21.8. The number of hydrogen-bond acceptors (Lipinski definition) is 1. The molecule has 0 bridgehead atoms. The topological polar surface area (TPSA) is 9.23 Å². The second-order valence-corrected chi connectivity index (χ2v) is 9.49. The largest absolute Gasteiger partial charge is 0.378 e. The molecule has 1 heterocycles. The maximum Gasteiger partial charge on any atom is 0.129 e. The number of rotatable bonds is 8. The Bertz CT molecular complexity index is 595. The molecule has 1 aliphatic carbocycles. The second-order valence-electron chi connectivity index (χ2n) is 9.49. The lowest BCUT2D eigenvalue weighted by molar-refractivity contribution is -0.0218. The van der Waals surface area contributed by atoms with Gasteiger partial charge in [0.25, 0.3) is 0 Å². The molecule has 1 aliphatic heterocycles. The second kappa shape index (κ2) is 10.8. The van der Waals surface area contributed by atoms with Gasteiger partial charge < -0.3 is 4.74 Å². The fraction of sp³-hybridized carbons (Fsp3) is 0.769. The van der Waals surface area contributed by atoms with Crippen molar-refractivity contribution < 1.29 is 9.13 Å². The zero-order valence-corrected chi connectivity index (χ0v) is 18.4. The summed E-state index contributed by atoms with van der Waals surface area (Å²) in [4.78, 5) is 0. The summed E-state index contributed by atoms with van der Waals surface area (Å²) in [5, 5.41) is 0. The zero-order valence-electron chi connectivity index (χ0n) is 18.4. The Hall–Kier alpha value is -0.890. The third-order valence-electron chi connectivity index (χ3n) is 7.41. The van der Waals surface area contributed by atoms with E-state index in [0.717, 1.165) is 36.5 Å². The lowest BCUT2D eigenvalue weighted by Crippen LogP contribution is -2.26. The van der Waals surface area contributed by atoms with Crippen LogP contribution in [0.3, 0.4) is 0 Å². The van der Waals surface area contributed by atoms with Crippen molar-refractivity contribution in [3.63, 3.8) is 0 Å². The van der Waals surface area contributed by atoms with Gasteiger partial charge in [0.05, 0.1) is 6.10 Å². The molecular weight excluding hydrogens is 347 g/mol. The van der Waals surface area contributed by atoms with Gasteiger partial charge in [-0.25, -0.2) is 4.39 Å². The average molecular weight is 389 g/mol. The van der Waals surface area contributed by atoms with Crippen LogP contribution in [0.5, 0.6) is 0 Å². The smallest absolute Gasteiger partial charge is 0.129 e. The normalized spacial score (nSPS) is 28.4. The minimum Gasteiger partial charge on any atom is -0.378 e. The molecule has 0 spiro atoms. The van der Waals surface area contributed by atoms with Gasteiger partial charge in [0.15, 0.2) is 0 Å². The third-order valence-corrected chi connectivity index (χ3v) is 7.41. The van der Waals surface area contributed by atoms with Gasteiger partial charge in [0.1, 0.15) is 5.82 Å². The molecular formula is C26H41FO. The van der Waals surface area contributed by atoms with Crippen LogP contribution in [-0.2, 0) is 11.2 Å². The van der Waals surface area contributed by atoms with Crippen LogP contribution in [0.2, 0.25) is 0 Å². The molecule has 28 heavy (non-hydrogen) atoms. The summed E-state index contributed by atoms with van der Waals surface area (Å²) in [6.07, 6.45) is 15.0. The summed E-state index contributed by atoms with van der Waals surface area (Å²) < 4.78 is 21.2. The van der Waals surface area contributed by atoms with Crippen LogP contribution in [0, 0.1) is 24.6 Å². The zero-order chi connectivity index (χ0) is 19.9. The van der Waals surface area contributed by atoms with Crippen molar-refractivity contribution in [2.75, 3.05) is 6.61 Å². The van der Waals surface area contributed by atoms with Gasteiger partial charge in [0, 0.05) is 6.61 Å². The van der Waals surface area contributed by atoms with Gasteiger partial charge in [-0.3, -0.25) is 0 Å². The Morgan fingerprint density at radius 2 is 1.61 bits per heavy atom. The quantitative estimate of drug-likeness (QED) is 0.442. The van der Waals surface area contributed by atoms with Gasteiger partial charge in [-0.2, -0.15) is 0 Å². The van der Waals surface area contributed by atoms with Gasteiger partial charge in [-0.1, -0.05) is 45.2 Å². The van der Waals surface area contributed by atoms with Crippen molar-refractivity contribution in [2.24, 2.45) is 11.8 Å². The molecule has 3 rings (SSSR count). The third kappa shape index (κ3) is 5.59. The number of halogens is 1. The molecule has 2 unspecified atom stereocenters. The van der Waals surface area contributed by atoms with Crippen LogP contribution in [0.4, 0.5) is 4.39 Å². The Balaban J connectivity index is 1.53. The minimum atomic E-state index is 0.0827. The first-order valence-electron chi connectivity index (χ1n) is 12.0. The fourth-order valence-electron chi connectivity index (χ4n) is 5.50. The van der Waals surface area contributed by atoms with Crippen molar-refractivity contribution in [2.45, 2.75) is 110 Å². The summed E-state index contributed by atoms with van der Waals surface area (Å²) in [5.74, 6) is 2.03. The molecule has 0 amide bonds. The Morgan fingerprint density at radius 3 is 2.25 bits per heavy atom. The molecule has 1 nitrogen and oxygen atoms in total. The lowest BCUT2D eigenvalue weighted by atomic mass is 9.76. The van der Waals surface area contributed by atoms with Gasteiger partial charge in [0.2, 0.25) is 0 Å². The molecule has 1 saturated heterocycles. The molecule has 1 aromatic rings. The van der Waals surface area contributed by atoms with E-state index >= 15 is 4.39 Å². The SMILES string of the molecule is CCCC1CCC(c2ccc(CCC3CCC(CCC)OC3)c(C)c2F)CC1. The van der Waals surface area contributed by atoms with E-state index in [0.29, 0.717) is 17.9 Å². The first-order chi connectivity index (χ1) is 13.6. The first-order valence-corrected chi connectivity index (χ1v) is 12.0. The summed E-state index contributed by atoms with van der Waals surface area (Å²) in [6, 6.07) is 4.33. The van der Waals surface area contributed by atoms with E-state index in [9.17, 15) is 0 Å². The molecule has 2 atom stereocenters. The number of hydrogen-bond donors (Lipinski definition) is 0. The van der Waals surface area contributed by atoms with Crippen molar-refractivity contribution in [3.05, 3.63) is 34.6 Å². The highest BCUT2D eigenvalue weighted by molar-refractivity contribution is 5.35. The van der Waals surface area contributed by atoms with E-state index in [1.165, 1.54) is 69.8 Å². The lowest BCUT2D eigenvalue weighted by Gasteiger charge is -2.30. The van der Waals surface area contributed by atoms with E-state index in [1.807, 2.05) is 6.92 Å². The summed E-state index contributed by atoms with van der Waals surface area (Å²) >= 11 is 0. The summed E-state index contributed by atoms with van der Waals surface area (Å²) in [7, 11) is 0.